The van der Waals surface area contributed by atoms with Gasteiger partial charge in [0, 0.05) is 11.6 Å². The number of hydrogen-bond donors (Lipinski definition) is 2. The number of carbonyl (C=O) groups is 3. The van der Waals surface area contributed by atoms with Crippen LogP contribution in [0.25, 0.3) is 0 Å². The maximum absolute atomic E-state index is 12.8. The van der Waals surface area contributed by atoms with Crippen molar-refractivity contribution in [3.05, 3.63) is 64.7 Å². The molecule has 2 aromatic rings. The lowest BCUT2D eigenvalue weighted by molar-refractivity contribution is -0.134. The number of benzene rings is 2. The zero-order valence-corrected chi connectivity index (χ0v) is 17.0. The smallest absolute Gasteiger partial charge is 0.325 e. The van der Waals surface area contributed by atoms with Gasteiger partial charge in [0.05, 0.1) is 7.11 Å². The second kappa shape index (κ2) is 8.53. The highest BCUT2D eigenvalue weighted by molar-refractivity contribution is 6.30. The third-order valence-corrected chi connectivity index (χ3v) is 5.15. The predicted octanol–water partition coefficient (Wildman–Crippen LogP) is 2.47. The van der Waals surface area contributed by atoms with Crippen LogP contribution < -0.4 is 15.4 Å². The number of imide groups is 1. The third kappa shape index (κ3) is 4.51. The molecule has 1 aliphatic rings. The van der Waals surface area contributed by atoms with Gasteiger partial charge in [-0.05, 0) is 48.7 Å². The second-order valence-electron chi connectivity index (χ2n) is 6.90. The average molecular weight is 416 g/mol. The van der Waals surface area contributed by atoms with E-state index in [2.05, 4.69) is 10.6 Å². The molecule has 1 fully saturated rings. The van der Waals surface area contributed by atoms with Crippen molar-refractivity contribution >= 4 is 29.4 Å². The number of amides is 4. The maximum atomic E-state index is 12.8. The third-order valence-electron chi connectivity index (χ3n) is 4.89. The molecule has 0 saturated carbocycles. The van der Waals surface area contributed by atoms with Crippen LogP contribution in [0.15, 0.2) is 48.5 Å². The van der Waals surface area contributed by atoms with Crippen molar-refractivity contribution in [2.45, 2.75) is 18.9 Å². The summed E-state index contributed by atoms with van der Waals surface area (Å²) < 4.78 is 5.11. The first-order valence-corrected chi connectivity index (χ1v) is 9.51. The summed E-state index contributed by atoms with van der Waals surface area (Å²) in [6.45, 7) is 1.66. The van der Waals surface area contributed by atoms with E-state index in [-0.39, 0.29) is 6.54 Å². The van der Waals surface area contributed by atoms with E-state index >= 15 is 0 Å². The molecule has 0 radical (unpaired) electrons. The zero-order chi connectivity index (χ0) is 21.0. The van der Waals surface area contributed by atoms with E-state index in [1.54, 1.807) is 38.3 Å². The first-order chi connectivity index (χ1) is 13.8. The van der Waals surface area contributed by atoms with Crippen LogP contribution in [-0.4, -0.2) is 42.9 Å². The molecule has 1 atom stereocenters. The van der Waals surface area contributed by atoms with Gasteiger partial charge in [-0.25, -0.2) is 4.79 Å². The van der Waals surface area contributed by atoms with Gasteiger partial charge in [-0.1, -0.05) is 35.9 Å². The lowest BCUT2D eigenvalue weighted by atomic mass is 9.92. The number of methoxy groups -OCH3 is 1. The van der Waals surface area contributed by atoms with Crippen LogP contribution in [0.1, 0.15) is 18.1 Å². The number of urea groups is 1. The monoisotopic (exact) mass is 415 g/mol. The van der Waals surface area contributed by atoms with Crippen LogP contribution >= 0.6 is 11.6 Å². The van der Waals surface area contributed by atoms with Gasteiger partial charge in [-0.3, -0.25) is 14.5 Å². The zero-order valence-electron chi connectivity index (χ0n) is 16.2. The van der Waals surface area contributed by atoms with Gasteiger partial charge in [0.25, 0.3) is 5.91 Å². The van der Waals surface area contributed by atoms with Crippen molar-refractivity contribution in [1.29, 1.82) is 0 Å². The molecular weight excluding hydrogens is 394 g/mol. The van der Waals surface area contributed by atoms with Crippen LogP contribution in [0, 0.1) is 0 Å². The van der Waals surface area contributed by atoms with E-state index in [4.69, 9.17) is 16.3 Å². The van der Waals surface area contributed by atoms with E-state index in [0.29, 0.717) is 23.6 Å². The quantitative estimate of drug-likeness (QED) is 0.680. The van der Waals surface area contributed by atoms with Gasteiger partial charge < -0.3 is 15.4 Å². The lowest BCUT2D eigenvalue weighted by Crippen LogP contribution is -2.43. The van der Waals surface area contributed by atoms with Gasteiger partial charge in [0.15, 0.2) is 0 Å². The SMILES string of the molecule is COc1ccc(CCNC(=O)CN2C(=O)N[C@](C)(c3ccc(Cl)cc3)C2=O)cc1. The Morgan fingerprint density at radius 3 is 2.41 bits per heavy atom. The molecule has 0 unspecified atom stereocenters. The van der Waals surface area contributed by atoms with Crippen LogP contribution in [0.3, 0.4) is 0 Å². The van der Waals surface area contributed by atoms with Crippen LogP contribution in [0.4, 0.5) is 4.79 Å². The molecule has 1 heterocycles. The van der Waals surface area contributed by atoms with E-state index in [9.17, 15) is 14.4 Å². The highest BCUT2D eigenvalue weighted by Crippen LogP contribution is 2.29. The van der Waals surface area contributed by atoms with Gasteiger partial charge in [-0.2, -0.15) is 0 Å². The highest BCUT2D eigenvalue weighted by atomic mass is 35.5. The van der Waals surface area contributed by atoms with Crippen molar-refractivity contribution in [3.63, 3.8) is 0 Å². The van der Waals surface area contributed by atoms with Gasteiger partial charge in [0.1, 0.15) is 17.8 Å². The van der Waals surface area contributed by atoms with Crippen LogP contribution in [0.2, 0.25) is 5.02 Å². The second-order valence-corrected chi connectivity index (χ2v) is 7.34. The summed E-state index contributed by atoms with van der Waals surface area (Å²) in [6, 6.07) is 13.6. The number of nitrogens with zero attached hydrogens (tertiary/aromatic N) is 1. The molecule has 8 heteroatoms. The molecule has 29 heavy (non-hydrogen) atoms. The Balaban J connectivity index is 1.56. The molecule has 0 bridgehead atoms. The maximum Gasteiger partial charge on any atom is 0.325 e. The molecule has 2 aromatic carbocycles. The first kappa shape index (κ1) is 20.7. The minimum absolute atomic E-state index is 0.337. The van der Waals surface area contributed by atoms with Gasteiger partial charge in [0.2, 0.25) is 5.91 Å². The Morgan fingerprint density at radius 2 is 1.79 bits per heavy atom. The van der Waals surface area contributed by atoms with Crippen molar-refractivity contribution in [1.82, 2.24) is 15.5 Å². The van der Waals surface area contributed by atoms with Crippen molar-refractivity contribution in [2.75, 3.05) is 20.2 Å². The number of nitrogens with one attached hydrogen (secondary N) is 2. The number of rotatable bonds is 7. The fourth-order valence-electron chi connectivity index (χ4n) is 3.16. The van der Waals surface area contributed by atoms with E-state index < -0.39 is 23.4 Å². The fourth-order valence-corrected chi connectivity index (χ4v) is 3.28. The summed E-state index contributed by atoms with van der Waals surface area (Å²) in [5.74, 6) is -0.113. The molecule has 1 saturated heterocycles. The standard InChI is InChI=1S/C21H22ClN3O4/c1-21(15-5-7-16(22)8-6-15)19(27)25(20(28)24-21)13-18(26)23-12-11-14-3-9-17(29-2)10-4-14/h3-10H,11-13H2,1-2H3,(H,23,26)(H,24,28)/t21-/m1/s1. The summed E-state index contributed by atoms with van der Waals surface area (Å²) in [5.41, 5.74) is 0.407. The Kier molecular flexibility index (Phi) is 6.08. The van der Waals surface area contributed by atoms with Crippen LogP contribution in [-0.2, 0) is 21.5 Å². The summed E-state index contributed by atoms with van der Waals surface area (Å²) >= 11 is 5.89. The van der Waals surface area contributed by atoms with E-state index in [1.807, 2.05) is 24.3 Å². The van der Waals surface area contributed by atoms with Crippen molar-refractivity contribution < 1.29 is 19.1 Å². The Labute approximate surface area is 174 Å². The Morgan fingerprint density at radius 1 is 1.14 bits per heavy atom. The lowest BCUT2D eigenvalue weighted by Gasteiger charge is -2.22. The molecule has 4 amide bonds. The molecular formula is C21H22ClN3O4. The molecule has 3 rings (SSSR count). The number of hydrogen-bond acceptors (Lipinski definition) is 4. The molecule has 152 valence electrons. The normalized spacial score (nSPS) is 18.5. The van der Waals surface area contributed by atoms with Crippen molar-refractivity contribution in [2.24, 2.45) is 0 Å². The predicted molar refractivity (Wildman–Crippen MR) is 109 cm³/mol. The molecule has 0 spiro atoms. The summed E-state index contributed by atoms with van der Waals surface area (Å²) in [5, 5.41) is 5.94. The molecule has 0 aromatic heterocycles. The molecule has 7 nitrogen and oxygen atoms in total. The van der Waals surface area contributed by atoms with Crippen molar-refractivity contribution in [3.8, 4) is 5.75 Å². The molecule has 1 aliphatic heterocycles. The topological polar surface area (TPSA) is 87.7 Å². The fraction of sp³-hybridized carbons (Fsp3) is 0.286. The van der Waals surface area contributed by atoms with E-state index in [1.165, 1.54) is 0 Å². The van der Waals surface area contributed by atoms with Gasteiger partial charge >= 0.3 is 6.03 Å². The summed E-state index contributed by atoms with van der Waals surface area (Å²) in [7, 11) is 1.60. The number of ether oxygens (including phenoxy) is 1. The number of halogens is 1. The largest absolute Gasteiger partial charge is 0.497 e. The van der Waals surface area contributed by atoms with Gasteiger partial charge in [-0.15, -0.1) is 0 Å². The Hall–Kier alpha value is -3.06. The average Bonchev–Trinajstić information content (AvgIpc) is 2.93. The molecule has 2 N–H and O–H groups in total. The first-order valence-electron chi connectivity index (χ1n) is 9.13. The minimum Gasteiger partial charge on any atom is -0.497 e. The number of carbonyl (C=O) groups excluding carboxylic acids is 3. The van der Waals surface area contributed by atoms with Crippen LogP contribution in [0.5, 0.6) is 5.75 Å². The summed E-state index contributed by atoms with van der Waals surface area (Å²) in [6.07, 6.45) is 0.623. The summed E-state index contributed by atoms with van der Waals surface area (Å²) in [4.78, 5) is 38.3. The van der Waals surface area contributed by atoms with E-state index in [0.717, 1.165) is 16.2 Å². The molecule has 0 aliphatic carbocycles. The Bertz CT molecular complexity index is 915. The minimum atomic E-state index is -1.23. The highest BCUT2D eigenvalue weighted by Gasteiger charge is 2.49.